The van der Waals surface area contributed by atoms with Crippen LogP contribution in [-0.4, -0.2) is 27.2 Å². The second-order valence-corrected chi connectivity index (χ2v) is 19.7. The van der Waals surface area contributed by atoms with Crippen LogP contribution in [0.4, 0.5) is 0 Å². The number of hydrogen-bond donors (Lipinski definition) is 0. The van der Waals surface area contributed by atoms with Crippen molar-refractivity contribution in [3.63, 3.8) is 0 Å². The Morgan fingerprint density at radius 3 is 0.785 bits per heavy atom. The van der Waals surface area contributed by atoms with Crippen molar-refractivity contribution < 1.29 is 37.9 Å². The van der Waals surface area contributed by atoms with Gasteiger partial charge in [0, 0.05) is 95.8 Å². The quantitative estimate of drug-likeness (QED) is 0.0765. The van der Waals surface area contributed by atoms with E-state index in [4.69, 9.17) is 37.9 Å². The topological polar surface area (TPSA) is 73.8 Å². The lowest BCUT2D eigenvalue weighted by atomic mass is 9.74. The third-order valence-corrected chi connectivity index (χ3v) is 15.6. The predicted octanol–water partition coefficient (Wildman–Crippen LogP) is 15.6. The van der Waals surface area contributed by atoms with E-state index in [9.17, 15) is 0 Å². The van der Waals surface area contributed by atoms with Gasteiger partial charge in [-0.05, 0) is 70.7 Å². The lowest BCUT2D eigenvalue weighted by Crippen LogP contribution is -2.24. The zero-order chi connectivity index (χ0) is 45.2. The van der Waals surface area contributed by atoms with Crippen molar-refractivity contribution in [1.29, 1.82) is 0 Å². The van der Waals surface area contributed by atoms with Crippen LogP contribution < -0.4 is 37.9 Å². The third kappa shape index (κ3) is 8.43. The third-order valence-electron chi connectivity index (χ3n) is 15.1. The van der Waals surface area contributed by atoms with Crippen molar-refractivity contribution in [3.05, 3.63) is 91.0 Å². The molecule has 0 radical (unpaired) electrons. The van der Waals surface area contributed by atoms with Gasteiger partial charge in [0.1, 0.15) is 46.0 Å². The van der Waals surface area contributed by atoms with Crippen molar-refractivity contribution in [2.45, 2.75) is 180 Å². The normalized spacial score (nSPS) is 19.6. The highest BCUT2D eigenvalue weighted by molar-refractivity contribution is 9.08. The largest absolute Gasteiger partial charge is 0.457 e. The molecule has 4 heterocycles. The Hall–Kier alpha value is -4.24. The molecule has 0 saturated heterocycles. The summed E-state index contributed by atoms with van der Waals surface area (Å²) in [5, 5.41) is 0.564. The molecular formula is C56H71BrO8. The summed E-state index contributed by atoms with van der Waals surface area (Å²) in [6.45, 7) is 16.0. The molecule has 0 aromatic heterocycles. The average Bonchev–Trinajstić information content (AvgIpc) is 3.28. The Balaban J connectivity index is 1.45. The molecule has 4 aromatic rings. The van der Waals surface area contributed by atoms with Crippen molar-refractivity contribution >= 4 is 15.9 Å². The van der Waals surface area contributed by atoms with Crippen LogP contribution in [0.3, 0.4) is 0 Å². The zero-order valence-electron chi connectivity index (χ0n) is 40.1. The molecule has 65 heavy (non-hydrogen) atoms. The second-order valence-electron chi connectivity index (χ2n) is 19.2. The average molecular weight is 952 g/mol. The summed E-state index contributed by atoms with van der Waals surface area (Å²) in [4.78, 5) is 0. The first kappa shape index (κ1) is 45.9. The maximum atomic E-state index is 6.86. The monoisotopic (exact) mass is 950 g/mol. The summed E-state index contributed by atoms with van der Waals surface area (Å²) in [7, 11) is 0. The fourth-order valence-corrected chi connectivity index (χ4v) is 12.3. The number of alkyl halides is 1. The van der Waals surface area contributed by atoms with E-state index in [1.54, 1.807) is 0 Å². The van der Waals surface area contributed by atoms with Crippen LogP contribution in [0.25, 0.3) is 0 Å². The molecule has 0 spiro atoms. The summed E-state index contributed by atoms with van der Waals surface area (Å²) >= 11 is 3.98. The Labute approximate surface area is 396 Å². The van der Waals surface area contributed by atoms with E-state index in [-0.39, 0.29) is 50.8 Å². The van der Waals surface area contributed by atoms with Gasteiger partial charge in [-0.3, -0.25) is 0 Å². The first-order valence-electron chi connectivity index (χ1n) is 25.1. The molecule has 4 atom stereocenters. The Morgan fingerprint density at radius 1 is 0.354 bits per heavy atom. The van der Waals surface area contributed by atoms with Crippen molar-refractivity contribution in [1.82, 2.24) is 0 Å². The highest BCUT2D eigenvalue weighted by Gasteiger charge is 2.40. The van der Waals surface area contributed by atoms with E-state index < -0.39 is 0 Å². The molecule has 1 aliphatic carbocycles. The lowest BCUT2D eigenvalue weighted by Gasteiger charge is -2.37. The molecule has 0 N–H and O–H groups in total. The van der Waals surface area contributed by atoms with Crippen molar-refractivity contribution in [2.75, 3.05) is 27.2 Å². The van der Waals surface area contributed by atoms with Gasteiger partial charge in [-0.1, -0.05) is 121 Å². The summed E-state index contributed by atoms with van der Waals surface area (Å²) in [5.41, 5.74) is 13.7. The van der Waals surface area contributed by atoms with Gasteiger partial charge in [0.2, 0.25) is 27.2 Å². The smallest absolute Gasteiger partial charge is 0.230 e. The molecule has 350 valence electrons. The van der Waals surface area contributed by atoms with Crippen LogP contribution in [0.15, 0.2) is 24.3 Å². The SMILES string of the molecule is CCCCCC1c2cc3c4c(C)c2OCOc2c1cc1c(c2C)OCOc2c(cc5c(c2CBr)OCOc2c(cc(c(c2C)OCO4)C3CCCCC)C5CCCCC)C1CCCCC. The molecular weight excluding hydrogens is 881 g/mol. The van der Waals surface area contributed by atoms with E-state index in [0.717, 1.165) is 171 Å². The van der Waals surface area contributed by atoms with E-state index >= 15 is 0 Å². The minimum absolute atomic E-state index is 0.00329. The van der Waals surface area contributed by atoms with Crippen LogP contribution in [0.2, 0.25) is 0 Å². The second kappa shape index (κ2) is 20.3. The highest BCUT2D eigenvalue weighted by Crippen LogP contribution is 2.58. The fourth-order valence-electron chi connectivity index (χ4n) is 11.8. The van der Waals surface area contributed by atoms with Crippen molar-refractivity contribution in [3.8, 4) is 46.0 Å². The zero-order valence-corrected chi connectivity index (χ0v) is 41.7. The molecule has 5 aliphatic rings. The van der Waals surface area contributed by atoms with Gasteiger partial charge < -0.3 is 37.9 Å². The van der Waals surface area contributed by atoms with E-state index in [0.29, 0.717) is 5.33 Å². The molecule has 9 heteroatoms. The van der Waals surface area contributed by atoms with E-state index in [1.165, 1.54) is 44.5 Å². The van der Waals surface area contributed by atoms with Crippen LogP contribution in [0.1, 0.15) is 221 Å². The highest BCUT2D eigenvalue weighted by atomic mass is 79.9. The standard InChI is InChI=1S/C56H71BrO8/c1-8-12-16-20-36-40-24-41-37(21-17-13-9-2)43-26-45-39(23-19-15-11-4)47-27-46-38(22-18-14-10-3)44-25-42(36)51-34(6)53(44)62-31-64-55(46)48(28-57)56(47)65-32-63-54(45)35(7)52(43)61-30-59-50(41)33(5)49(40)58-29-60-51/h24-27,36-39H,8-23,28-32H2,1-7H3. The number of halogens is 1. The number of hydrogen-bond acceptors (Lipinski definition) is 8. The maximum Gasteiger partial charge on any atom is 0.230 e. The summed E-state index contributed by atoms with van der Waals surface area (Å²) in [6, 6.07) is 9.91. The van der Waals surface area contributed by atoms with Crippen molar-refractivity contribution in [2.24, 2.45) is 0 Å². The minimum Gasteiger partial charge on any atom is -0.457 e. The predicted molar refractivity (Wildman–Crippen MR) is 261 cm³/mol. The Kier molecular flexibility index (Phi) is 14.3. The molecule has 0 saturated carbocycles. The number of ether oxygens (including phenoxy) is 8. The molecule has 4 aliphatic heterocycles. The number of benzene rings is 4. The molecule has 8 nitrogen and oxygen atoms in total. The Morgan fingerprint density at radius 2 is 0.569 bits per heavy atom. The summed E-state index contributed by atoms with van der Waals surface area (Å²) < 4.78 is 54.6. The molecule has 4 unspecified atom stereocenters. The van der Waals surface area contributed by atoms with Crippen LogP contribution in [-0.2, 0) is 5.33 Å². The fraction of sp³-hybridized carbons (Fsp3) is 0.571. The van der Waals surface area contributed by atoms with Crippen LogP contribution in [0.5, 0.6) is 46.0 Å². The van der Waals surface area contributed by atoms with Gasteiger partial charge in [-0.25, -0.2) is 0 Å². The van der Waals surface area contributed by atoms with Gasteiger partial charge in [0.25, 0.3) is 0 Å². The molecule has 4 aromatic carbocycles. The first-order valence-corrected chi connectivity index (χ1v) is 26.3. The number of unbranched alkanes of at least 4 members (excludes halogenated alkanes) is 8. The van der Waals surface area contributed by atoms with Gasteiger partial charge in [0.05, 0.1) is 0 Å². The minimum atomic E-state index is -0.00329. The molecule has 9 rings (SSSR count). The van der Waals surface area contributed by atoms with Gasteiger partial charge >= 0.3 is 0 Å². The maximum absolute atomic E-state index is 6.86. The van der Waals surface area contributed by atoms with E-state index in [1.807, 2.05) is 0 Å². The number of rotatable bonds is 17. The lowest BCUT2D eigenvalue weighted by molar-refractivity contribution is 0.0955. The van der Waals surface area contributed by atoms with Crippen LogP contribution in [0, 0.1) is 20.8 Å². The molecule has 0 amide bonds. The van der Waals surface area contributed by atoms with Crippen LogP contribution >= 0.6 is 15.9 Å². The van der Waals surface area contributed by atoms with Gasteiger partial charge in [0.15, 0.2) is 0 Å². The molecule has 8 bridgehead atoms. The van der Waals surface area contributed by atoms with Gasteiger partial charge in [-0.2, -0.15) is 0 Å². The summed E-state index contributed by atoms with van der Waals surface area (Å²) in [6.07, 6.45) is 17.3. The Bertz CT molecular complexity index is 2220. The first-order chi connectivity index (χ1) is 31.8. The van der Waals surface area contributed by atoms with Gasteiger partial charge in [-0.15, -0.1) is 0 Å². The van der Waals surface area contributed by atoms with E-state index in [2.05, 4.69) is 88.7 Å². The summed E-state index contributed by atoms with van der Waals surface area (Å²) in [5.74, 6) is 6.89. The molecule has 0 fully saturated rings.